The molecular weight excluding hydrogens is 242 g/mol. The number of benzene rings is 1. The van der Waals surface area contributed by atoms with Gasteiger partial charge in [-0.05, 0) is 36.3 Å². The highest BCUT2D eigenvalue weighted by molar-refractivity contribution is 7.99. The number of anilines is 1. The predicted octanol–water partition coefficient (Wildman–Crippen LogP) is 4.24. The van der Waals surface area contributed by atoms with Gasteiger partial charge in [0, 0.05) is 17.0 Å². The van der Waals surface area contributed by atoms with Crippen LogP contribution in [0.3, 0.4) is 0 Å². The van der Waals surface area contributed by atoms with Gasteiger partial charge in [0.25, 0.3) is 0 Å². The molecule has 1 aliphatic heterocycles. The van der Waals surface area contributed by atoms with Crippen LogP contribution in [0.2, 0.25) is 0 Å². The van der Waals surface area contributed by atoms with E-state index >= 15 is 0 Å². The zero-order valence-electron chi connectivity index (χ0n) is 11.0. The Bertz CT molecular complexity index is 417. The number of fused-ring (bicyclic) bond motifs is 1. The summed E-state index contributed by atoms with van der Waals surface area (Å²) < 4.78 is 0. The SMILES string of the molecule is CCCCCCSc1ccc2c(c1)NC(=O)CC2. The molecule has 0 unspecified atom stereocenters. The first-order valence-corrected chi connectivity index (χ1v) is 7.83. The van der Waals surface area contributed by atoms with Gasteiger partial charge in [-0.25, -0.2) is 0 Å². The van der Waals surface area contributed by atoms with E-state index in [9.17, 15) is 4.79 Å². The van der Waals surface area contributed by atoms with E-state index < -0.39 is 0 Å². The fourth-order valence-corrected chi connectivity index (χ4v) is 3.11. The third-order valence-electron chi connectivity index (χ3n) is 3.24. The van der Waals surface area contributed by atoms with Crippen molar-refractivity contribution >= 4 is 23.4 Å². The molecule has 1 heterocycles. The van der Waals surface area contributed by atoms with Crippen molar-refractivity contribution in [1.82, 2.24) is 0 Å². The summed E-state index contributed by atoms with van der Waals surface area (Å²) in [7, 11) is 0. The lowest BCUT2D eigenvalue weighted by Crippen LogP contribution is -2.18. The third kappa shape index (κ3) is 3.77. The molecule has 0 fully saturated rings. The number of thioether (sulfide) groups is 1. The molecule has 1 amide bonds. The average Bonchev–Trinajstić information content (AvgIpc) is 2.38. The van der Waals surface area contributed by atoms with Gasteiger partial charge in [0.05, 0.1) is 0 Å². The Hall–Kier alpha value is -0.960. The van der Waals surface area contributed by atoms with Crippen LogP contribution in [0.25, 0.3) is 0 Å². The molecule has 2 nitrogen and oxygen atoms in total. The predicted molar refractivity (Wildman–Crippen MR) is 78.3 cm³/mol. The molecule has 1 N–H and O–H groups in total. The molecule has 0 saturated heterocycles. The monoisotopic (exact) mass is 263 g/mol. The first-order valence-electron chi connectivity index (χ1n) is 6.85. The second kappa shape index (κ2) is 6.83. The second-order valence-electron chi connectivity index (χ2n) is 4.78. The molecule has 3 heteroatoms. The first-order chi connectivity index (χ1) is 8.79. The Kier molecular flexibility index (Phi) is 5.12. The van der Waals surface area contributed by atoms with Crippen LogP contribution < -0.4 is 5.32 Å². The fraction of sp³-hybridized carbons (Fsp3) is 0.533. The van der Waals surface area contributed by atoms with Crippen LogP contribution >= 0.6 is 11.8 Å². The number of nitrogens with one attached hydrogen (secondary N) is 1. The topological polar surface area (TPSA) is 29.1 Å². The summed E-state index contributed by atoms with van der Waals surface area (Å²) in [6.07, 6.45) is 6.72. The highest BCUT2D eigenvalue weighted by atomic mass is 32.2. The number of carbonyl (C=O) groups is 1. The van der Waals surface area contributed by atoms with E-state index in [1.54, 1.807) is 0 Å². The third-order valence-corrected chi connectivity index (χ3v) is 4.32. The molecule has 0 aromatic heterocycles. The summed E-state index contributed by atoms with van der Waals surface area (Å²) in [6.45, 7) is 2.24. The van der Waals surface area contributed by atoms with Gasteiger partial charge in [-0.1, -0.05) is 32.3 Å². The smallest absolute Gasteiger partial charge is 0.224 e. The maximum absolute atomic E-state index is 11.4. The van der Waals surface area contributed by atoms with E-state index in [2.05, 4.69) is 30.4 Å². The van der Waals surface area contributed by atoms with Crippen LogP contribution in [0.15, 0.2) is 23.1 Å². The molecule has 0 spiro atoms. The van der Waals surface area contributed by atoms with Gasteiger partial charge in [-0.3, -0.25) is 4.79 Å². The normalized spacial score (nSPS) is 14.2. The summed E-state index contributed by atoms with van der Waals surface area (Å²) in [5.41, 5.74) is 2.29. The van der Waals surface area contributed by atoms with E-state index in [1.807, 2.05) is 11.8 Å². The van der Waals surface area contributed by atoms with Crippen LogP contribution in [-0.2, 0) is 11.2 Å². The number of unbranched alkanes of at least 4 members (excludes halogenated alkanes) is 3. The van der Waals surface area contributed by atoms with E-state index in [0.717, 1.165) is 12.1 Å². The van der Waals surface area contributed by atoms with Gasteiger partial charge in [0.15, 0.2) is 0 Å². The number of amides is 1. The van der Waals surface area contributed by atoms with Gasteiger partial charge in [0.2, 0.25) is 5.91 Å². The van der Waals surface area contributed by atoms with Crippen LogP contribution in [0.1, 0.15) is 44.6 Å². The standard InChI is InChI=1S/C15H21NOS/c1-2-3-4-5-10-18-13-8-6-12-7-9-15(17)16-14(12)11-13/h6,8,11H,2-5,7,9-10H2,1H3,(H,16,17). The van der Waals surface area contributed by atoms with Crippen molar-refractivity contribution in [3.63, 3.8) is 0 Å². The zero-order valence-corrected chi connectivity index (χ0v) is 11.8. The van der Waals surface area contributed by atoms with E-state index in [4.69, 9.17) is 0 Å². The average molecular weight is 263 g/mol. The van der Waals surface area contributed by atoms with Crippen LogP contribution in [0, 0.1) is 0 Å². The van der Waals surface area contributed by atoms with Crippen molar-refractivity contribution in [1.29, 1.82) is 0 Å². The number of rotatable bonds is 6. The summed E-state index contributed by atoms with van der Waals surface area (Å²) in [5.74, 6) is 1.32. The molecule has 1 aromatic carbocycles. The van der Waals surface area contributed by atoms with Crippen molar-refractivity contribution in [3.8, 4) is 0 Å². The second-order valence-corrected chi connectivity index (χ2v) is 5.94. The molecular formula is C15H21NOS. The summed E-state index contributed by atoms with van der Waals surface area (Å²) >= 11 is 1.89. The van der Waals surface area contributed by atoms with Crippen LogP contribution in [0.4, 0.5) is 5.69 Å². The molecule has 18 heavy (non-hydrogen) atoms. The van der Waals surface area contributed by atoms with E-state index in [0.29, 0.717) is 6.42 Å². The highest BCUT2D eigenvalue weighted by Gasteiger charge is 2.14. The molecule has 0 aliphatic carbocycles. The minimum absolute atomic E-state index is 0.146. The Morgan fingerprint density at radius 2 is 2.11 bits per heavy atom. The zero-order chi connectivity index (χ0) is 12.8. The lowest BCUT2D eigenvalue weighted by molar-refractivity contribution is -0.116. The van der Waals surface area contributed by atoms with Gasteiger partial charge >= 0.3 is 0 Å². The number of hydrogen-bond acceptors (Lipinski definition) is 2. The molecule has 0 bridgehead atoms. The number of aryl methyl sites for hydroxylation is 1. The van der Waals surface area contributed by atoms with Crippen molar-refractivity contribution in [2.75, 3.05) is 11.1 Å². The largest absolute Gasteiger partial charge is 0.326 e. The van der Waals surface area contributed by atoms with Crippen LogP contribution in [-0.4, -0.2) is 11.7 Å². The lowest BCUT2D eigenvalue weighted by atomic mass is 10.0. The Labute approximate surface area is 114 Å². The van der Waals surface area contributed by atoms with Crippen molar-refractivity contribution in [2.24, 2.45) is 0 Å². The summed E-state index contributed by atoms with van der Waals surface area (Å²) in [4.78, 5) is 12.6. The highest BCUT2D eigenvalue weighted by Crippen LogP contribution is 2.29. The van der Waals surface area contributed by atoms with Gasteiger partial charge in [-0.2, -0.15) is 0 Å². The van der Waals surface area contributed by atoms with Crippen molar-refractivity contribution in [3.05, 3.63) is 23.8 Å². The molecule has 1 aliphatic rings. The van der Waals surface area contributed by atoms with Gasteiger partial charge in [0.1, 0.15) is 0 Å². The quantitative estimate of drug-likeness (QED) is 0.614. The Morgan fingerprint density at radius 3 is 2.94 bits per heavy atom. The number of carbonyl (C=O) groups excluding carboxylic acids is 1. The van der Waals surface area contributed by atoms with E-state index in [-0.39, 0.29) is 5.91 Å². The van der Waals surface area contributed by atoms with Gasteiger partial charge in [-0.15, -0.1) is 11.8 Å². The van der Waals surface area contributed by atoms with E-state index in [1.165, 1.54) is 41.9 Å². The maximum atomic E-state index is 11.4. The minimum atomic E-state index is 0.146. The molecule has 0 radical (unpaired) electrons. The lowest BCUT2D eigenvalue weighted by Gasteiger charge is -2.17. The molecule has 0 saturated carbocycles. The Balaban J connectivity index is 1.86. The maximum Gasteiger partial charge on any atom is 0.224 e. The summed E-state index contributed by atoms with van der Waals surface area (Å²) in [5, 5.41) is 2.96. The Morgan fingerprint density at radius 1 is 1.22 bits per heavy atom. The van der Waals surface area contributed by atoms with Gasteiger partial charge < -0.3 is 5.32 Å². The molecule has 98 valence electrons. The fourth-order valence-electron chi connectivity index (χ4n) is 2.16. The molecule has 0 atom stereocenters. The minimum Gasteiger partial charge on any atom is -0.326 e. The van der Waals surface area contributed by atoms with Crippen molar-refractivity contribution < 1.29 is 4.79 Å². The first kappa shape index (κ1) is 13.5. The molecule has 2 rings (SSSR count). The molecule has 1 aromatic rings. The van der Waals surface area contributed by atoms with Crippen molar-refractivity contribution in [2.45, 2.75) is 50.3 Å². The summed E-state index contributed by atoms with van der Waals surface area (Å²) in [6, 6.07) is 6.46. The number of hydrogen-bond donors (Lipinski definition) is 1. The van der Waals surface area contributed by atoms with Crippen LogP contribution in [0.5, 0.6) is 0 Å².